The summed E-state index contributed by atoms with van der Waals surface area (Å²) in [6.07, 6.45) is 0. The van der Waals surface area contributed by atoms with Crippen LogP contribution in [0.4, 0.5) is 25.0 Å². The lowest BCUT2D eigenvalue weighted by molar-refractivity contribution is -0.0498. The number of benzene rings is 2. The number of Topliss-reactive ketones (excluding diaryl/α,β-unsaturated/α-hetero) is 1. The van der Waals surface area contributed by atoms with E-state index in [1.807, 2.05) is 0 Å². The van der Waals surface area contributed by atoms with E-state index >= 15 is 0 Å². The number of hydrogen-bond acceptors (Lipinski definition) is 3. The van der Waals surface area contributed by atoms with Crippen molar-refractivity contribution >= 4 is 23.2 Å². The highest BCUT2D eigenvalue weighted by atomic mass is 19.3. The van der Waals surface area contributed by atoms with Gasteiger partial charge in [0.1, 0.15) is 5.75 Å². The molecule has 2 rings (SSSR count). The van der Waals surface area contributed by atoms with Crippen molar-refractivity contribution in [3.8, 4) is 5.75 Å². The number of halogens is 2. The minimum absolute atomic E-state index is 0.00535. The Kier molecular flexibility index (Phi) is 5.24. The van der Waals surface area contributed by atoms with Crippen LogP contribution in [-0.2, 0) is 0 Å². The molecular weight excluding hydrogens is 306 g/mol. The zero-order valence-electron chi connectivity index (χ0n) is 12.2. The largest absolute Gasteiger partial charge is 0.435 e. The van der Waals surface area contributed by atoms with Crippen LogP contribution in [-0.4, -0.2) is 18.4 Å². The fourth-order valence-electron chi connectivity index (χ4n) is 1.80. The average Bonchev–Trinajstić information content (AvgIpc) is 2.49. The molecule has 0 heterocycles. The van der Waals surface area contributed by atoms with Gasteiger partial charge in [0.05, 0.1) is 0 Å². The SMILES string of the molecule is CC(=O)c1ccc(NC(=O)Nc2ccc(OC(F)F)cc2)cc1. The van der Waals surface area contributed by atoms with Crippen LogP contribution in [0.3, 0.4) is 0 Å². The second-order valence-corrected chi connectivity index (χ2v) is 4.62. The molecule has 2 N–H and O–H groups in total. The van der Waals surface area contributed by atoms with Crippen molar-refractivity contribution in [2.75, 3.05) is 10.6 Å². The van der Waals surface area contributed by atoms with Gasteiger partial charge in [0.15, 0.2) is 5.78 Å². The predicted molar refractivity (Wildman–Crippen MR) is 82.2 cm³/mol. The van der Waals surface area contributed by atoms with Gasteiger partial charge >= 0.3 is 12.6 Å². The summed E-state index contributed by atoms with van der Waals surface area (Å²) in [5, 5.41) is 5.14. The van der Waals surface area contributed by atoms with Gasteiger partial charge in [0.2, 0.25) is 0 Å². The van der Waals surface area contributed by atoms with Crippen LogP contribution in [0.1, 0.15) is 17.3 Å². The van der Waals surface area contributed by atoms with E-state index in [0.29, 0.717) is 16.9 Å². The highest BCUT2D eigenvalue weighted by Gasteiger charge is 2.06. The third-order valence-corrected chi connectivity index (χ3v) is 2.89. The standard InChI is InChI=1S/C16H14F2N2O3/c1-10(21)11-2-4-12(5-3-11)19-16(22)20-13-6-8-14(9-7-13)23-15(17)18/h2-9,15H,1H3,(H2,19,20,22). The molecule has 5 nitrogen and oxygen atoms in total. The number of amides is 2. The number of carbonyl (C=O) groups is 2. The first-order valence-electron chi connectivity index (χ1n) is 6.68. The summed E-state index contributed by atoms with van der Waals surface area (Å²) in [6.45, 7) is -1.44. The van der Waals surface area contributed by atoms with Gasteiger partial charge in [-0.15, -0.1) is 0 Å². The summed E-state index contributed by atoms with van der Waals surface area (Å²) in [6, 6.07) is 11.5. The molecule has 7 heteroatoms. The van der Waals surface area contributed by atoms with Gasteiger partial charge in [-0.1, -0.05) is 0 Å². The predicted octanol–water partition coefficient (Wildman–Crippen LogP) is 4.13. The van der Waals surface area contributed by atoms with E-state index in [0.717, 1.165) is 0 Å². The minimum atomic E-state index is -2.89. The first-order valence-corrected chi connectivity index (χ1v) is 6.68. The lowest BCUT2D eigenvalue weighted by atomic mass is 10.1. The van der Waals surface area contributed by atoms with Crippen molar-refractivity contribution in [1.29, 1.82) is 0 Å². The number of anilines is 2. The van der Waals surface area contributed by atoms with Crippen LogP contribution in [0.15, 0.2) is 48.5 Å². The van der Waals surface area contributed by atoms with Crippen molar-refractivity contribution in [2.24, 2.45) is 0 Å². The zero-order valence-corrected chi connectivity index (χ0v) is 12.2. The van der Waals surface area contributed by atoms with Crippen LogP contribution in [0.5, 0.6) is 5.75 Å². The molecule has 0 aromatic heterocycles. The summed E-state index contributed by atoms with van der Waals surface area (Å²) in [5.41, 5.74) is 1.49. The van der Waals surface area contributed by atoms with Gasteiger partial charge in [0.25, 0.3) is 0 Å². The molecule has 120 valence electrons. The second kappa shape index (κ2) is 7.35. The molecule has 2 aromatic rings. The summed E-state index contributed by atoms with van der Waals surface area (Å²) in [4.78, 5) is 23.0. The molecule has 0 fully saturated rings. The molecule has 2 amide bonds. The number of ketones is 1. The van der Waals surface area contributed by atoms with E-state index in [1.54, 1.807) is 24.3 Å². The van der Waals surface area contributed by atoms with Crippen molar-refractivity contribution in [3.63, 3.8) is 0 Å². The third kappa shape index (κ3) is 5.06. The van der Waals surface area contributed by atoms with Crippen LogP contribution >= 0.6 is 0 Å². The fourth-order valence-corrected chi connectivity index (χ4v) is 1.80. The Morgan fingerprint density at radius 3 is 1.83 bits per heavy atom. The lowest BCUT2D eigenvalue weighted by Crippen LogP contribution is -2.19. The normalized spacial score (nSPS) is 10.3. The molecule has 0 aliphatic heterocycles. The number of ether oxygens (including phenoxy) is 1. The maximum atomic E-state index is 12.0. The number of urea groups is 1. The maximum absolute atomic E-state index is 12.0. The zero-order chi connectivity index (χ0) is 16.8. The monoisotopic (exact) mass is 320 g/mol. The Morgan fingerprint density at radius 2 is 1.39 bits per heavy atom. The Balaban J connectivity index is 1.92. The molecule has 0 bridgehead atoms. The summed E-state index contributed by atoms with van der Waals surface area (Å²) < 4.78 is 28.3. The Labute approximate surface area is 131 Å². The highest BCUT2D eigenvalue weighted by Crippen LogP contribution is 2.18. The van der Waals surface area contributed by atoms with Crippen LogP contribution in [0.2, 0.25) is 0 Å². The van der Waals surface area contributed by atoms with E-state index in [1.165, 1.54) is 31.2 Å². The van der Waals surface area contributed by atoms with E-state index < -0.39 is 12.6 Å². The molecule has 0 saturated carbocycles. The Hall–Kier alpha value is -2.96. The number of carbonyl (C=O) groups excluding carboxylic acids is 2. The molecule has 0 aliphatic rings. The van der Waals surface area contributed by atoms with Gasteiger partial charge in [-0.05, 0) is 55.5 Å². The van der Waals surface area contributed by atoms with Gasteiger partial charge in [-0.3, -0.25) is 4.79 Å². The molecule has 0 saturated heterocycles. The third-order valence-electron chi connectivity index (χ3n) is 2.89. The molecule has 0 atom stereocenters. The molecular formula is C16H14F2N2O3. The van der Waals surface area contributed by atoms with Crippen molar-refractivity contribution < 1.29 is 23.1 Å². The van der Waals surface area contributed by atoms with Crippen LogP contribution in [0.25, 0.3) is 0 Å². The van der Waals surface area contributed by atoms with Gasteiger partial charge in [-0.2, -0.15) is 8.78 Å². The van der Waals surface area contributed by atoms with Crippen molar-refractivity contribution in [3.05, 3.63) is 54.1 Å². The molecule has 2 aromatic carbocycles. The van der Waals surface area contributed by atoms with E-state index in [9.17, 15) is 18.4 Å². The van der Waals surface area contributed by atoms with E-state index in [2.05, 4.69) is 15.4 Å². The van der Waals surface area contributed by atoms with Crippen LogP contribution in [0, 0.1) is 0 Å². The topological polar surface area (TPSA) is 67.4 Å². The fraction of sp³-hybridized carbons (Fsp3) is 0.125. The molecule has 23 heavy (non-hydrogen) atoms. The number of rotatable bonds is 5. The smallest absolute Gasteiger partial charge is 0.387 e. The Bertz CT molecular complexity index is 685. The highest BCUT2D eigenvalue weighted by molar-refractivity contribution is 6.00. The molecule has 0 radical (unpaired) electrons. The molecule has 0 unspecified atom stereocenters. The van der Waals surface area contributed by atoms with Gasteiger partial charge < -0.3 is 15.4 Å². The Morgan fingerprint density at radius 1 is 0.913 bits per heavy atom. The molecule has 0 aliphatic carbocycles. The van der Waals surface area contributed by atoms with E-state index in [4.69, 9.17) is 0 Å². The summed E-state index contributed by atoms with van der Waals surface area (Å²) in [7, 11) is 0. The lowest BCUT2D eigenvalue weighted by Gasteiger charge is -2.09. The van der Waals surface area contributed by atoms with E-state index in [-0.39, 0.29) is 11.5 Å². The number of alkyl halides is 2. The second-order valence-electron chi connectivity index (χ2n) is 4.62. The van der Waals surface area contributed by atoms with Crippen LogP contribution < -0.4 is 15.4 Å². The quantitative estimate of drug-likeness (QED) is 0.814. The number of nitrogens with one attached hydrogen (secondary N) is 2. The maximum Gasteiger partial charge on any atom is 0.387 e. The number of hydrogen-bond donors (Lipinski definition) is 2. The first kappa shape index (κ1) is 16.4. The first-order chi connectivity index (χ1) is 10.9. The van der Waals surface area contributed by atoms with Gasteiger partial charge in [-0.25, -0.2) is 4.79 Å². The van der Waals surface area contributed by atoms with Crippen molar-refractivity contribution in [1.82, 2.24) is 0 Å². The average molecular weight is 320 g/mol. The summed E-state index contributed by atoms with van der Waals surface area (Å²) >= 11 is 0. The van der Waals surface area contributed by atoms with Gasteiger partial charge in [0, 0.05) is 16.9 Å². The summed E-state index contributed by atoms with van der Waals surface area (Å²) in [5.74, 6) is -0.0575. The minimum Gasteiger partial charge on any atom is -0.435 e. The molecule has 0 spiro atoms. The van der Waals surface area contributed by atoms with Crippen molar-refractivity contribution in [2.45, 2.75) is 13.5 Å².